The van der Waals surface area contributed by atoms with Gasteiger partial charge in [0.05, 0.1) is 13.2 Å². The van der Waals surface area contributed by atoms with E-state index >= 15 is 0 Å². The minimum absolute atomic E-state index is 0.235. The van der Waals surface area contributed by atoms with E-state index < -0.39 is 20.1 Å². The summed E-state index contributed by atoms with van der Waals surface area (Å²) >= 11 is 0. The molecule has 1 fully saturated rings. The van der Waals surface area contributed by atoms with Gasteiger partial charge in [-0.2, -0.15) is 0 Å². The van der Waals surface area contributed by atoms with Crippen LogP contribution in [-0.4, -0.2) is 46.8 Å². The predicted octanol–water partition coefficient (Wildman–Crippen LogP) is 3.65. The Kier molecular flexibility index (Phi) is 6.63. The van der Waals surface area contributed by atoms with Crippen molar-refractivity contribution in [1.29, 1.82) is 0 Å². The van der Waals surface area contributed by atoms with Gasteiger partial charge in [-0.3, -0.25) is 9.59 Å². The molecular formula is C20H30O5Si. The fourth-order valence-electron chi connectivity index (χ4n) is 3.34. The van der Waals surface area contributed by atoms with Crippen molar-refractivity contribution in [3.8, 4) is 0 Å². The summed E-state index contributed by atoms with van der Waals surface area (Å²) in [5.41, 5.74) is 3.45. The molecular weight excluding hydrogens is 348 g/mol. The van der Waals surface area contributed by atoms with Crippen molar-refractivity contribution < 1.29 is 23.8 Å². The molecule has 1 saturated heterocycles. The normalized spacial score (nSPS) is 23.9. The van der Waals surface area contributed by atoms with Gasteiger partial charge in [0.2, 0.25) is 0 Å². The third-order valence-electron chi connectivity index (χ3n) is 4.94. The molecule has 0 aromatic carbocycles. The van der Waals surface area contributed by atoms with Crippen LogP contribution in [0.2, 0.25) is 25.7 Å². The van der Waals surface area contributed by atoms with Crippen LogP contribution in [0.4, 0.5) is 0 Å². The average Bonchev–Trinajstić information content (AvgIpc) is 2.96. The summed E-state index contributed by atoms with van der Waals surface area (Å²) in [6, 6.07) is 1.02. The zero-order valence-corrected chi connectivity index (χ0v) is 17.7. The van der Waals surface area contributed by atoms with Gasteiger partial charge >= 0.3 is 5.97 Å². The molecule has 1 heterocycles. The van der Waals surface area contributed by atoms with Crippen LogP contribution in [-0.2, 0) is 23.8 Å². The molecule has 6 heteroatoms. The Labute approximate surface area is 157 Å². The van der Waals surface area contributed by atoms with Gasteiger partial charge in [0.25, 0.3) is 0 Å². The molecule has 0 amide bonds. The molecule has 0 N–H and O–H groups in total. The van der Waals surface area contributed by atoms with Crippen LogP contribution in [0.1, 0.15) is 20.3 Å². The molecule has 1 aliphatic carbocycles. The van der Waals surface area contributed by atoms with Crippen molar-refractivity contribution in [2.45, 2.75) is 52.1 Å². The summed E-state index contributed by atoms with van der Waals surface area (Å²) in [6.45, 7) is 11.5. The summed E-state index contributed by atoms with van der Waals surface area (Å²) in [7, 11) is 0.378. The van der Waals surface area contributed by atoms with E-state index in [0.717, 1.165) is 34.8 Å². The van der Waals surface area contributed by atoms with Gasteiger partial charge in [-0.25, -0.2) is 0 Å². The number of hydrogen-bond donors (Lipinski definition) is 0. The lowest BCUT2D eigenvalue weighted by Crippen LogP contribution is -2.36. The molecule has 0 aromatic rings. The fraction of sp³-hybridized carbons (Fsp3) is 0.600. The Morgan fingerprint density at radius 2 is 2.04 bits per heavy atom. The molecule has 0 saturated carbocycles. The largest absolute Gasteiger partial charge is 0.496 e. The van der Waals surface area contributed by atoms with Crippen LogP contribution in [0, 0.1) is 5.92 Å². The Balaban J connectivity index is 2.38. The van der Waals surface area contributed by atoms with Crippen LogP contribution in [0.3, 0.4) is 0 Å². The number of methoxy groups -OCH3 is 1. The zero-order chi connectivity index (χ0) is 19.5. The minimum Gasteiger partial charge on any atom is -0.496 e. The second kappa shape index (κ2) is 8.35. The number of hydrogen-bond acceptors (Lipinski definition) is 5. The number of cyclic esters (lactones) is 1. The quantitative estimate of drug-likeness (QED) is 0.279. The molecule has 2 atom stereocenters. The predicted molar refractivity (Wildman–Crippen MR) is 104 cm³/mol. The minimum atomic E-state index is -1.25. The number of esters is 1. The van der Waals surface area contributed by atoms with Crippen molar-refractivity contribution in [3.63, 3.8) is 0 Å². The second-order valence-electron chi connectivity index (χ2n) is 8.17. The van der Waals surface area contributed by atoms with Crippen LogP contribution >= 0.6 is 0 Å². The van der Waals surface area contributed by atoms with Crippen molar-refractivity contribution >= 4 is 20.3 Å². The lowest BCUT2D eigenvalue weighted by Gasteiger charge is -2.32. The highest BCUT2D eigenvalue weighted by Gasteiger charge is 2.46. The molecule has 5 nitrogen and oxygen atoms in total. The first-order valence-corrected chi connectivity index (χ1v) is 12.8. The smallest absolute Gasteiger partial charge is 0.316 e. The standard InChI is InChI=1S/C20H30O5Si/c1-13(11-21)7-8-15-18(23-3)14(2)16-12-25-20(22)17(16)19(15)24-9-10-26(4,5)6/h7,11,17,19H,8-10,12H2,1-6H3/b13-7+. The molecule has 2 rings (SSSR count). The van der Waals surface area contributed by atoms with E-state index in [1.54, 1.807) is 14.0 Å². The van der Waals surface area contributed by atoms with Gasteiger partial charge in [0.15, 0.2) is 0 Å². The van der Waals surface area contributed by atoms with Crippen molar-refractivity contribution in [1.82, 2.24) is 0 Å². The summed E-state index contributed by atoms with van der Waals surface area (Å²) in [6.07, 6.45) is 2.80. The van der Waals surface area contributed by atoms with E-state index in [-0.39, 0.29) is 5.97 Å². The van der Waals surface area contributed by atoms with Crippen LogP contribution in [0.25, 0.3) is 0 Å². The topological polar surface area (TPSA) is 61.8 Å². The van der Waals surface area contributed by atoms with Crippen molar-refractivity contribution in [3.05, 3.63) is 34.1 Å². The number of fused-ring (bicyclic) bond motifs is 1. The molecule has 144 valence electrons. The maximum atomic E-state index is 12.4. The van der Waals surface area contributed by atoms with Gasteiger partial charge in [-0.05, 0) is 43.0 Å². The first-order valence-electron chi connectivity index (χ1n) is 9.06. The number of allylic oxidation sites excluding steroid dienone is 3. The number of carbonyl (C=O) groups is 2. The van der Waals surface area contributed by atoms with E-state index in [4.69, 9.17) is 14.2 Å². The third-order valence-corrected chi connectivity index (χ3v) is 6.65. The number of rotatable bonds is 8. The molecule has 0 radical (unpaired) electrons. The van der Waals surface area contributed by atoms with E-state index in [9.17, 15) is 9.59 Å². The average molecular weight is 379 g/mol. The van der Waals surface area contributed by atoms with Crippen LogP contribution in [0.15, 0.2) is 34.1 Å². The fourth-order valence-corrected chi connectivity index (χ4v) is 4.07. The molecule has 2 aliphatic rings. The highest BCUT2D eigenvalue weighted by Crippen LogP contribution is 2.42. The van der Waals surface area contributed by atoms with Crippen LogP contribution < -0.4 is 0 Å². The highest BCUT2D eigenvalue weighted by atomic mass is 28.3. The number of aldehydes is 1. The van der Waals surface area contributed by atoms with E-state index in [2.05, 4.69) is 19.6 Å². The zero-order valence-electron chi connectivity index (χ0n) is 16.7. The molecule has 2 unspecified atom stereocenters. The lowest BCUT2D eigenvalue weighted by molar-refractivity contribution is -0.144. The first kappa shape index (κ1) is 20.6. The summed E-state index contributed by atoms with van der Waals surface area (Å²) in [5, 5.41) is 0. The van der Waals surface area contributed by atoms with Gasteiger partial charge in [-0.15, -0.1) is 0 Å². The lowest BCUT2D eigenvalue weighted by atomic mass is 9.80. The van der Waals surface area contributed by atoms with Gasteiger partial charge in [0.1, 0.15) is 24.6 Å². The summed E-state index contributed by atoms with van der Waals surface area (Å²) in [4.78, 5) is 23.4. The Hall–Kier alpha value is -1.66. The Morgan fingerprint density at radius 1 is 1.35 bits per heavy atom. The number of ether oxygens (including phenoxy) is 3. The van der Waals surface area contributed by atoms with E-state index in [1.165, 1.54) is 0 Å². The Bertz CT molecular complexity index is 666. The Morgan fingerprint density at radius 3 is 2.62 bits per heavy atom. The molecule has 26 heavy (non-hydrogen) atoms. The van der Waals surface area contributed by atoms with E-state index in [1.807, 2.05) is 13.0 Å². The summed E-state index contributed by atoms with van der Waals surface area (Å²) in [5.74, 6) is 0.110. The highest BCUT2D eigenvalue weighted by molar-refractivity contribution is 6.76. The monoisotopic (exact) mass is 378 g/mol. The number of carbonyl (C=O) groups excluding carboxylic acids is 2. The molecule has 1 aliphatic heterocycles. The maximum Gasteiger partial charge on any atom is 0.316 e. The van der Waals surface area contributed by atoms with Gasteiger partial charge in [-0.1, -0.05) is 25.7 Å². The first-order chi connectivity index (χ1) is 12.2. The van der Waals surface area contributed by atoms with Crippen molar-refractivity contribution in [2.24, 2.45) is 5.92 Å². The third kappa shape index (κ3) is 4.54. The van der Waals surface area contributed by atoms with Crippen LogP contribution in [0.5, 0.6) is 0 Å². The summed E-state index contributed by atoms with van der Waals surface area (Å²) < 4.78 is 17.2. The SMILES string of the molecule is COC1=C(C/C=C(\C)C=O)C(OCC[Si](C)(C)C)C2C(=O)OCC2=C1C. The van der Waals surface area contributed by atoms with Gasteiger partial charge in [0, 0.05) is 20.3 Å². The second-order valence-corrected chi connectivity index (χ2v) is 13.8. The molecule has 0 spiro atoms. The molecule has 0 aromatic heterocycles. The molecule has 0 bridgehead atoms. The maximum absolute atomic E-state index is 12.4. The van der Waals surface area contributed by atoms with E-state index in [0.29, 0.717) is 25.2 Å². The van der Waals surface area contributed by atoms with Crippen molar-refractivity contribution in [2.75, 3.05) is 20.3 Å². The van der Waals surface area contributed by atoms with Gasteiger partial charge < -0.3 is 14.2 Å².